The van der Waals surface area contributed by atoms with Crippen LogP contribution in [0.4, 0.5) is 20.3 Å². The summed E-state index contributed by atoms with van der Waals surface area (Å²) in [5.41, 5.74) is 0.743. The number of ether oxygens (including phenoxy) is 3. The summed E-state index contributed by atoms with van der Waals surface area (Å²) in [4.78, 5) is 29.3. The molecule has 10 nitrogen and oxygen atoms in total. The molecule has 228 valence electrons. The maximum atomic E-state index is 15.4. The molecule has 0 fully saturated rings. The SMILES string of the molecule is COc1cc2ncnc(Oc3ccc(Nc4nccc5[nH]cc(-c6ccc(F)cc6)c(=O)c45)cc3F)c2cc1OCC(C)(C)O. The largest absolute Gasteiger partial charge is 0.493 e. The van der Waals surface area contributed by atoms with Gasteiger partial charge in [-0.1, -0.05) is 12.1 Å². The summed E-state index contributed by atoms with van der Waals surface area (Å²) in [6.07, 6.45) is 4.36. The van der Waals surface area contributed by atoms with Crippen molar-refractivity contribution >= 4 is 33.3 Å². The summed E-state index contributed by atoms with van der Waals surface area (Å²) in [5, 5.41) is 13.8. The van der Waals surface area contributed by atoms with Gasteiger partial charge in [-0.25, -0.2) is 23.7 Å². The van der Waals surface area contributed by atoms with Crippen LogP contribution in [-0.2, 0) is 0 Å². The molecule has 0 unspecified atom stereocenters. The standard InChI is InChI=1S/C33H27F2N5O5/c1-33(2,42)16-44-28-13-21-25(14-27(28)43-3)38-17-39-32(21)45-26-9-8-20(12-23(26)35)40-31-29-24(10-11-36-31)37-15-22(30(29)41)18-4-6-19(34)7-5-18/h4-15,17,42H,16H2,1-3H3,(H,36,40)(H,37,41). The number of anilines is 2. The molecular weight excluding hydrogens is 584 g/mol. The molecule has 0 radical (unpaired) electrons. The maximum absolute atomic E-state index is 15.4. The number of aromatic amines is 1. The van der Waals surface area contributed by atoms with Gasteiger partial charge in [-0.05, 0) is 55.8 Å². The number of pyridine rings is 2. The van der Waals surface area contributed by atoms with E-state index in [9.17, 15) is 14.3 Å². The number of aliphatic hydroxyl groups is 1. The van der Waals surface area contributed by atoms with Crippen molar-refractivity contribution in [2.45, 2.75) is 19.4 Å². The molecule has 3 aromatic heterocycles. The molecule has 0 saturated carbocycles. The number of hydrogen-bond donors (Lipinski definition) is 3. The van der Waals surface area contributed by atoms with Crippen LogP contribution < -0.4 is 25.0 Å². The van der Waals surface area contributed by atoms with E-state index in [2.05, 4.69) is 25.3 Å². The molecule has 0 saturated heterocycles. The highest BCUT2D eigenvalue weighted by atomic mass is 19.1. The number of fused-ring (bicyclic) bond motifs is 2. The highest BCUT2D eigenvalue weighted by molar-refractivity contribution is 5.93. The topological polar surface area (TPSA) is 131 Å². The first kappa shape index (κ1) is 29.5. The van der Waals surface area contributed by atoms with Gasteiger partial charge in [0.25, 0.3) is 0 Å². The predicted octanol–water partition coefficient (Wildman–Crippen LogP) is 6.51. The average molecular weight is 612 g/mol. The van der Waals surface area contributed by atoms with Crippen LogP contribution in [0.2, 0.25) is 0 Å². The average Bonchev–Trinajstić information content (AvgIpc) is 3.01. The second-order valence-electron chi connectivity index (χ2n) is 10.8. The van der Waals surface area contributed by atoms with Crippen molar-refractivity contribution in [3.63, 3.8) is 0 Å². The second kappa shape index (κ2) is 11.8. The van der Waals surface area contributed by atoms with E-state index in [0.29, 0.717) is 44.7 Å². The lowest BCUT2D eigenvalue weighted by molar-refractivity contribution is 0.0277. The van der Waals surface area contributed by atoms with Crippen LogP contribution in [0.1, 0.15) is 13.8 Å². The fourth-order valence-corrected chi connectivity index (χ4v) is 4.65. The quantitative estimate of drug-likeness (QED) is 0.168. The van der Waals surface area contributed by atoms with Crippen molar-refractivity contribution in [3.05, 3.63) is 101 Å². The van der Waals surface area contributed by atoms with Gasteiger partial charge in [0.1, 0.15) is 24.6 Å². The van der Waals surface area contributed by atoms with Crippen LogP contribution in [0.25, 0.3) is 32.9 Å². The van der Waals surface area contributed by atoms with E-state index in [0.717, 1.165) is 0 Å². The monoisotopic (exact) mass is 611 g/mol. The number of rotatable bonds is 9. The molecule has 0 aliphatic carbocycles. The van der Waals surface area contributed by atoms with E-state index < -0.39 is 17.2 Å². The Morgan fingerprint density at radius 1 is 0.956 bits per heavy atom. The Balaban J connectivity index is 1.30. The van der Waals surface area contributed by atoms with Crippen LogP contribution >= 0.6 is 0 Å². The smallest absolute Gasteiger partial charge is 0.230 e. The fourth-order valence-electron chi connectivity index (χ4n) is 4.65. The summed E-state index contributed by atoms with van der Waals surface area (Å²) in [7, 11) is 1.48. The van der Waals surface area contributed by atoms with Gasteiger partial charge in [0, 0.05) is 35.8 Å². The second-order valence-corrected chi connectivity index (χ2v) is 10.8. The van der Waals surface area contributed by atoms with Gasteiger partial charge in [0.15, 0.2) is 23.1 Å². The van der Waals surface area contributed by atoms with E-state index in [4.69, 9.17) is 14.2 Å². The van der Waals surface area contributed by atoms with Crippen molar-refractivity contribution in [2.24, 2.45) is 0 Å². The Morgan fingerprint density at radius 2 is 1.76 bits per heavy atom. The van der Waals surface area contributed by atoms with Crippen molar-refractivity contribution in [1.82, 2.24) is 19.9 Å². The lowest BCUT2D eigenvalue weighted by atomic mass is 10.0. The number of aromatic nitrogens is 4. The minimum absolute atomic E-state index is 0.00713. The molecule has 45 heavy (non-hydrogen) atoms. The number of nitrogens with zero attached hydrogens (tertiary/aromatic N) is 3. The van der Waals surface area contributed by atoms with E-state index in [1.165, 1.54) is 56.0 Å². The number of benzene rings is 3. The molecule has 0 spiro atoms. The van der Waals surface area contributed by atoms with Gasteiger partial charge in [-0.2, -0.15) is 0 Å². The molecule has 0 aliphatic heterocycles. The first-order valence-electron chi connectivity index (χ1n) is 13.8. The zero-order valence-electron chi connectivity index (χ0n) is 24.4. The van der Waals surface area contributed by atoms with E-state index in [1.54, 1.807) is 44.3 Å². The number of halogens is 2. The van der Waals surface area contributed by atoms with Crippen molar-refractivity contribution in [2.75, 3.05) is 19.0 Å². The third-order valence-electron chi connectivity index (χ3n) is 6.82. The summed E-state index contributed by atoms with van der Waals surface area (Å²) >= 11 is 0. The first-order valence-corrected chi connectivity index (χ1v) is 13.8. The molecule has 0 bridgehead atoms. The fraction of sp³-hybridized carbons (Fsp3) is 0.152. The van der Waals surface area contributed by atoms with Crippen LogP contribution in [-0.4, -0.2) is 44.4 Å². The minimum Gasteiger partial charge on any atom is -0.493 e. The van der Waals surface area contributed by atoms with Crippen LogP contribution in [0.3, 0.4) is 0 Å². The summed E-state index contributed by atoms with van der Waals surface area (Å²) < 4.78 is 45.9. The molecule has 3 N–H and O–H groups in total. The Labute approximate surface area is 255 Å². The predicted molar refractivity (Wildman–Crippen MR) is 165 cm³/mol. The first-order chi connectivity index (χ1) is 21.6. The number of nitrogens with one attached hydrogen (secondary N) is 2. The summed E-state index contributed by atoms with van der Waals surface area (Å²) in [6.45, 7) is 3.21. The van der Waals surface area contributed by atoms with Crippen molar-refractivity contribution in [1.29, 1.82) is 0 Å². The third kappa shape index (κ3) is 6.22. The lowest BCUT2D eigenvalue weighted by Crippen LogP contribution is -2.27. The van der Waals surface area contributed by atoms with Gasteiger partial charge in [0.2, 0.25) is 11.3 Å². The Hall–Kier alpha value is -5.62. The number of hydrogen-bond acceptors (Lipinski definition) is 9. The van der Waals surface area contributed by atoms with Gasteiger partial charge in [-0.3, -0.25) is 4.79 Å². The summed E-state index contributed by atoms with van der Waals surface area (Å²) in [6, 6.07) is 14.7. The molecule has 12 heteroatoms. The molecule has 0 aliphatic rings. The van der Waals surface area contributed by atoms with Crippen molar-refractivity contribution in [3.8, 4) is 34.3 Å². The van der Waals surface area contributed by atoms with Crippen LogP contribution in [0.5, 0.6) is 23.1 Å². The van der Waals surface area contributed by atoms with Crippen LogP contribution in [0, 0.1) is 11.6 Å². The zero-order chi connectivity index (χ0) is 31.7. The van der Waals surface area contributed by atoms with E-state index in [1.807, 2.05) is 0 Å². The normalized spacial score (nSPS) is 11.5. The number of H-pyrrole nitrogens is 1. The highest BCUT2D eigenvalue weighted by Gasteiger charge is 2.19. The van der Waals surface area contributed by atoms with Gasteiger partial charge < -0.3 is 29.6 Å². The van der Waals surface area contributed by atoms with Gasteiger partial charge in [-0.15, -0.1) is 0 Å². The molecule has 0 atom stereocenters. The maximum Gasteiger partial charge on any atom is 0.230 e. The van der Waals surface area contributed by atoms with E-state index >= 15 is 4.39 Å². The Morgan fingerprint density at radius 3 is 2.49 bits per heavy atom. The Kier molecular flexibility index (Phi) is 7.73. The minimum atomic E-state index is -1.09. The molecule has 6 rings (SSSR count). The Bertz CT molecular complexity index is 2100. The number of methoxy groups -OCH3 is 1. The molecule has 6 aromatic rings. The molecule has 0 amide bonds. The van der Waals surface area contributed by atoms with Gasteiger partial charge >= 0.3 is 0 Å². The molecule has 3 heterocycles. The molecule has 3 aromatic carbocycles. The van der Waals surface area contributed by atoms with Crippen LogP contribution in [0.15, 0.2) is 84.2 Å². The third-order valence-corrected chi connectivity index (χ3v) is 6.82. The summed E-state index contributed by atoms with van der Waals surface area (Å²) in [5.74, 6) is -0.234. The lowest BCUT2D eigenvalue weighted by Gasteiger charge is -2.19. The van der Waals surface area contributed by atoms with E-state index in [-0.39, 0.29) is 34.9 Å². The highest BCUT2D eigenvalue weighted by Crippen LogP contribution is 2.37. The van der Waals surface area contributed by atoms with Crippen molar-refractivity contribution < 1.29 is 28.1 Å². The molecular formula is C33H27F2N5O5. The zero-order valence-corrected chi connectivity index (χ0v) is 24.4. The van der Waals surface area contributed by atoms with Gasteiger partial charge in [0.05, 0.1) is 34.5 Å².